The van der Waals surface area contributed by atoms with Gasteiger partial charge in [0.1, 0.15) is 6.54 Å². The minimum Gasteiger partial charge on any atom is -0.480 e. The first-order chi connectivity index (χ1) is 9.11. The van der Waals surface area contributed by atoms with E-state index < -0.39 is 5.97 Å². The van der Waals surface area contributed by atoms with Crippen LogP contribution >= 0.6 is 11.8 Å². The van der Waals surface area contributed by atoms with E-state index in [1.165, 1.54) is 4.90 Å². The van der Waals surface area contributed by atoms with Gasteiger partial charge in [-0.2, -0.15) is 11.8 Å². The lowest BCUT2D eigenvalue weighted by Crippen LogP contribution is -2.37. The molecule has 0 saturated heterocycles. The molecule has 1 aliphatic rings. The molecule has 0 bridgehead atoms. The lowest BCUT2D eigenvalue weighted by atomic mass is 10.1. The lowest BCUT2D eigenvalue weighted by Gasteiger charge is -2.20. The number of aliphatic carboxylic acids is 1. The smallest absolute Gasteiger partial charge is 0.323 e. The number of nitrogens with zero attached hydrogens (tertiary/aromatic N) is 1. The molecule has 1 aromatic rings. The average Bonchev–Trinajstić information content (AvgIpc) is 3.20. The van der Waals surface area contributed by atoms with Crippen LogP contribution in [0.2, 0.25) is 0 Å². The maximum atomic E-state index is 12.4. The van der Waals surface area contributed by atoms with Crippen molar-refractivity contribution >= 4 is 23.6 Å². The van der Waals surface area contributed by atoms with Crippen molar-refractivity contribution in [3.05, 3.63) is 35.4 Å². The number of hydrogen-bond acceptors (Lipinski definition) is 3. The first-order valence-electron chi connectivity index (χ1n) is 6.22. The highest BCUT2D eigenvalue weighted by Crippen LogP contribution is 2.28. The Balaban J connectivity index is 2.16. The number of thioether (sulfide) groups is 1. The summed E-state index contributed by atoms with van der Waals surface area (Å²) in [6.45, 7) is -0.212. The molecule has 1 fully saturated rings. The summed E-state index contributed by atoms with van der Waals surface area (Å²) in [5.74, 6) is -0.280. The Labute approximate surface area is 116 Å². The van der Waals surface area contributed by atoms with Gasteiger partial charge in [-0.25, -0.2) is 0 Å². The molecule has 4 nitrogen and oxygen atoms in total. The van der Waals surface area contributed by atoms with Gasteiger partial charge in [-0.1, -0.05) is 12.1 Å². The Bertz CT molecular complexity index is 485. The molecule has 0 radical (unpaired) electrons. The van der Waals surface area contributed by atoms with Gasteiger partial charge >= 0.3 is 5.97 Å². The van der Waals surface area contributed by atoms with Gasteiger partial charge in [-0.15, -0.1) is 0 Å². The van der Waals surface area contributed by atoms with Gasteiger partial charge in [0.25, 0.3) is 5.91 Å². The van der Waals surface area contributed by atoms with Gasteiger partial charge in [0.2, 0.25) is 0 Å². The van der Waals surface area contributed by atoms with Crippen molar-refractivity contribution in [2.45, 2.75) is 24.6 Å². The second-order valence-corrected chi connectivity index (χ2v) is 5.56. The number of carbonyl (C=O) groups is 2. The number of carboxylic acids is 1. The molecule has 102 valence electrons. The van der Waals surface area contributed by atoms with Gasteiger partial charge in [0.05, 0.1) is 0 Å². The fourth-order valence-electron chi connectivity index (χ4n) is 2.03. The van der Waals surface area contributed by atoms with Crippen LogP contribution in [0.15, 0.2) is 24.3 Å². The molecule has 0 aromatic heterocycles. The van der Waals surface area contributed by atoms with Crippen molar-refractivity contribution in [2.24, 2.45) is 0 Å². The molecule has 19 heavy (non-hydrogen) atoms. The standard InChI is InChI=1S/C14H17NO3S/c1-19-9-10-3-2-4-11(7-10)14(18)15(8-13(16)17)12-5-6-12/h2-4,7,12H,5-6,8-9H2,1H3,(H,16,17). The summed E-state index contributed by atoms with van der Waals surface area (Å²) in [4.78, 5) is 24.7. The van der Waals surface area contributed by atoms with Crippen LogP contribution in [-0.4, -0.2) is 40.7 Å². The number of amides is 1. The van der Waals surface area contributed by atoms with Crippen LogP contribution in [0.5, 0.6) is 0 Å². The van der Waals surface area contributed by atoms with Crippen LogP contribution in [0.3, 0.4) is 0 Å². The molecule has 0 aliphatic heterocycles. The Kier molecular flexibility index (Phi) is 4.47. The third-order valence-electron chi connectivity index (χ3n) is 3.04. The molecule has 1 amide bonds. The Morgan fingerprint density at radius 1 is 1.42 bits per heavy atom. The normalized spacial score (nSPS) is 14.2. The highest BCUT2D eigenvalue weighted by Gasteiger charge is 2.34. The second-order valence-electron chi connectivity index (χ2n) is 4.69. The largest absolute Gasteiger partial charge is 0.480 e. The first-order valence-corrected chi connectivity index (χ1v) is 7.62. The monoisotopic (exact) mass is 279 g/mol. The van der Waals surface area contributed by atoms with Crippen molar-refractivity contribution < 1.29 is 14.7 Å². The SMILES string of the molecule is CSCc1cccc(C(=O)N(CC(=O)O)C2CC2)c1. The molecule has 0 heterocycles. The number of carboxylic acid groups (broad SMARTS) is 1. The molecule has 0 atom stereocenters. The number of benzene rings is 1. The Morgan fingerprint density at radius 3 is 2.74 bits per heavy atom. The average molecular weight is 279 g/mol. The first kappa shape index (κ1) is 13.9. The predicted molar refractivity (Wildman–Crippen MR) is 75.4 cm³/mol. The summed E-state index contributed by atoms with van der Waals surface area (Å²) in [6, 6.07) is 7.54. The number of hydrogen-bond donors (Lipinski definition) is 1. The third-order valence-corrected chi connectivity index (χ3v) is 3.66. The summed E-state index contributed by atoms with van der Waals surface area (Å²) in [5, 5.41) is 8.90. The van der Waals surface area contributed by atoms with Gasteiger partial charge in [-0.3, -0.25) is 9.59 Å². The van der Waals surface area contributed by atoms with Crippen LogP contribution in [0.4, 0.5) is 0 Å². The van der Waals surface area contributed by atoms with E-state index in [-0.39, 0.29) is 18.5 Å². The van der Waals surface area contributed by atoms with Gasteiger partial charge in [0, 0.05) is 17.4 Å². The summed E-state index contributed by atoms with van der Waals surface area (Å²) >= 11 is 1.69. The van der Waals surface area contributed by atoms with Gasteiger partial charge < -0.3 is 10.0 Å². The van der Waals surface area contributed by atoms with Crippen LogP contribution in [-0.2, 0) is 10.5 Å². The molecule has 1 N–H and O–H groups in total. The minimum absolute atomic E-state index is 0.104. The van der Waals surface area contributed by atoms with E-state index in [0.717, 1.165) is 24.2 Å². The Morgan fingerprint density at radius 2 is 2.16 bits per heavy atom. The van der Waals surface area contributed by atoms with E-state index in [9.17, 15) is 9.59 Å². The fourth-order valence-corrected chi connectivity index (χ4v) is 2.54. The summed E-state index contributed by atoms with van der Waals surface area (Å²) < 4.78 is 0. The van der Waals surface area contributed by atoms with E-state index in [1.54, 1.807) is 17.8 Å². The number of rotatable bonds is 6. The van der Waals surface area contributed by atoms with Crippen LogP contribution in [0, 0.1) is 0 Å². The molecule has 1 aromatic carbocycles. The molecule has 0 spiro atoms. The summed E-state index contributed by atoms with van der Waals surface area (Å²) in [6.07, 6.45) is 3.82. The topological polar surface area (TPSA) is 57.6 Å². The highest BCUT2D eigenvalue weighted by molar-refractivity contribution is 7.97. The molecular formula is C14H17NO3S. The third kappa shape index (κ3) is 3.73. The molecule has 1 saturated carbocycles. The highest BCUT2D eigenvalue weighted by atomic mass is 32.2. The van der Waals surface area contributed by atoms with Gasteiger partial charge in [-0.05, 0) is 36.8 Å². The molecular weight excluding hydrogens is 262 g/mol. The van der Waals surface area contributed by atoms with Gasteiger partial charge in [0.15, 0.2) is 0 Å². The zero-order valence-electron chi connectivity index (χ0n) is 10.8. The summed E-state index contributed by atoms with van der Waals surface area (Å²) in [5.41, 5.74) is 1.67. The van der Waals surface area contributed by atoms with Crippen molar-refractivity contribution in [2.75, 3.05) is 12.8 Å². The molecule has 5 heteroatoms. The van der Waals surface area contributed by atoms with Crippen LogP contribution in [0.1, 0.15) is 28.8 Å². The zero-order chi connectivity index (χ0) is 13.8. The second kappa shape index (κ2) is 6.10. The fraction of sp³-hybridized carbons (Fsp3) is 0.429. The van der Waals surface area contributed by atoms with E-state index in [0.29, 0.717) is 5.56 Å². The number of carbonyl (C=O) groups excluding carboxylic acids is 1. The summed E-state index contributed by atoms with van der Waals surface area (Å²) in [7, 11) is 0. The van der Waals surface area contributed by atoms with E-state index in [1.807, 2.05) is 24.5 Å². The minimum atomic E-state index is -0.958. The van der Waals surface area contributed by atoms with E-state index in [2.05, 4.69) is 0 Å². The van der Waals surface area contributed by atoms with Crippen LogP contribution in [0.25, 0.3) is 0 Å². The molecule has 2 rings (SSSR count). The Hall–Kier alpha value is -1.49. The van der Waals surface area contributed by atoms with E-state index >= 15 is 0 Å². The zero-order valence-corrected chi connectivity index (χ0v) is 11.7. The predicted octanol–water partition coefficient (Wildman–Crippen LogP) is 2.24. The van der Waals surface area contributed by atoms with Crippen molar-refractivity contribution in [1.82, 2.24) is 4.90 Å². The van der Waals surface area contributed by atoms with Crippen molar-refractivity contribution in [3.63, 3.8) is 0 Å². The molecule has 1 aliphatic carbocycles. The van der Waals surface area contributed by atoms with Crippen molar-refractivity contribution in [3.8, 4) is 0 Å². The van der Waals surface area contributed by atoms with Crippen molar-refractivity contribution in [1.29, 1.82) is 0 Å². The molecule has 0 unspecified atom stereocenters. The quantitative estimate of drug-likeness (QED) is 0.867. The lowest BCUT2D eigenvalue weighted by molar-refractivity contribution is -0.137. The van der Waals surface area contributed by atoms with Crippen LogP contribution < -0.4 is 0 Å². The van der Waals surface area contributed by atoms with E-state index in [4.69, 9.17) is 5.11 Å². The maximum Gasteiger partial charge on any atom is 0.323 e. The maximum absolute atomic E-state index is 12.4.